The van der Waals surface area contributed by atoms with Crippen LogP contribution in [0.2, 0.25) is 0 Å². The molecule has 4 nitrogen and oxygen atoms in total. The lowest BCUT2D eigenvalue weighted by molar-refractivity contribution is 0.102. The molecule has 84 valence electrons. The number of thiazole rings is 1. The van der Waals surface area contributed by atoms with Crippen molar-refractivity contribution in [3.8, 4) is 6.07 Å². The normalized spacial score (nSPS) is 9.65. The Bertz CT molecular complexity index is 581. The van der Waals surface area contributed by atoms with Crippen molar-refractivity contribution in [3.63, 3.8) is 0 Å². The van der Waals surface area contributed by atoms with Crippen LogP contribution in [0.5, 0.6) is 0 Å². The molecule has 0 fully saturated rings. The topological polar surface area (TPSA) is 65.8 Å². The quantitative estimate of drug-likeness (QED) is 0.881. The van der Waals surface area contributed by atoms with E-state index in [4.69, 9.17) is 5.26 Å². The fourth-order valence-electron chi connectivity index (χ4n) is 1.28. The lowest BCUT2D eigenvalue weighted by Crippen LogP contribution is -2.11. The van der Waals surface area contributed by atoms with E-state index >= 15 is 0 Å². The molecule has 1 heterocycles. The highest BCUT2D eigenvalue weighted by Gasteiger charge is 2.07. The summed E-state index contributed by atoms with van der Waals surface area (Å²) in [7, 11) is 0. The Balaban J connectivity index is 2.12. The number of aromatic nitrogens is 1. The molecule has 5 heteroatoms. The van der Waals surface area contributed by atoms with Crippen molar-refractivity contribution >= 4 is 22.4 Å². The van der Waals surface area contributed by atoms with Crippen LogP contribution in [0.3, 0.4) is 0 Å². The van der Waals surface area contributed by atoms with E-state index in [1.807, 2.05) is 13.0 Å². The molecule has 0 unspecified atom stereocenters. The Morgan fingerprint density at radius 3 is 2.65 bits per heavy atom. The first-order valence-corrected chi connectivity index (χ1v) is 5.74. The molecule has 0 spiro atoms. The molecule has 0 aliphatic carbocycles. The Hall–Kier alpha value is -2.19. The largest absolute Gasteiger partial charge is 0.298 e. The minimum atomic E-state index is -0.219. The van der Waals surface area contributed by atoms with Gasteiger partial charge in [-0.2, -0.15) is 5.26 Å². The lowest BCUT2D eigenvalue weighted by Gasteiger charge is -2.01. The van der Waals surface area contributed by atoms with Crippen molar-refractivity contribution in [2.45, 2.75) is 6.92 Å². The molecule has 0 saturated heterocycles. The third-order valence-corrected chi connectivity index (χ3v) is 2.95. The number of benzene rings is 1. The molecule has 1 N–H and O–H groups in total. The van der Waals surface area contributed by atoms with Crippen LogP contribution in [-0.2, 0) is 0 Å². The Labute approximate surface area is 103 Å². The molecular weight excluding hydrogens is 234 g/mol. The van der Waals surface area contributed by atoms with Gasteiger partial charge >= 0.3 is 0 Å². The van der Waals surface area contributed by atoms with Crippen molar-refractivity contribution in [3.05, 3.63) is 46.5 Å². The number of rotatable bonds is 2. The van der Waals surface area contributed by atoms with Crippen molar-refractivity contribution < 1.29 is 4.79 Å². The molecule has 2 rings (SSSR count). The summed E-state index contributed by atoms with van der Waals surface area (Å²) in [5.74, 6) is -0.219. The van der Waals surface area contributed by atoms with Gasteiger partial charge in [0.05, 0.1) is 11.6 Å². The van der Waals surface area contributed by atoms with E-state index in [9.17, 15) is 4.79 Å². The molecule has 0 saturated carbocycles. The monoisotopic (exact) mass is 243 g/mol. The van der Waals surface area contributed by atoms with Crippen LogP contribution >= 0.6 is 11.3 Å². The summed E-state index contributed by atoms with van der Waals surface area (Å²) < 4.78 is 0. The summed E-state index contributed by atoms with van der Waals surface area (Å²) in [5.41, 5.74) is 1.04. The molecule has 0 aliphatic heterocycles. The van der Waals surface area contributed by atoms with Crippen LogP contribution in [0.1, 0.15) is 20.8 Å². The molecular formula is C12H9N3OS. The number of nitrogens with one attached hydrogen (secondary N) is 1. The van der Waals surface area contributed by atoms with E-state index in [0.717, 1.165) is 4.88 Å². The number of hydrogen-bond donors (Lipinski definition) is 1. The van der Waals surface area contributed by atoms with Gasteiger partial charge in [0, 0.05) is 16.6 Å². The van der Waals surface area contributed by atoms with Crippen molar-refractivity contribution in [2.75, 3.05) is 5.32 Å². The van der Waals surface area contributed by atoms with Crippen LogP contribution in [0.4, 0.5) is 5.13 Å². The lowest BCUT2D eigenvalue weighted by atomic mass is 10.1. The van der Waals surface area contributed by atoms with Crippen LogP contribution in [-0.4, -0.2) is 10.9 Å². The summed E-state index contributed by atoms with van der Waals surface area (Å²) in [6.07, 6.45) is 1.71. The first-order valence-electron chi connectivity index (χ1n) is 4.93. The van der Waals surface area contributed by atoms with E-state index < -0.39 is 0 Å². The Morgan fingerprint density at radius 1 is 1.41 bits per heavy atom. The number of aryl methyl sites for hydroxylation is 1. The van der Waals surface area contributed by atoms with E-state index in [0.29, 0.717) is 16.3 Å². The van der Waals surface area contributed by atoms with E-state index in [-0.39, 0.29) is 5.91 Å². The maximum atomic E-state index is 11.8. The van der Waals surface area contributed by atoms with Gasteiger partial charge < -0.3 is 0 Å². The predicted octanol–water partition coefficient (Wildman–Crippen LogP) is 2.58. The van der Waals surface area contributed by atoms with Gasteiger partial charge in [0.1, 0.15) is 0 Å². The van der Waals surface area contributed by atoms with Gasteiger partial charge in [-0.25, -0.2) is 4.98 Å². The van der Waals surface area contributed by atoms with Crippen molar-refractivity contribution in [1.29, 1.82) is 5.26 Å². The van der Waals surface area contributed by atoms with Crippen LogP contribution < -0.4 is 5.32 Å². The van der Waals surface area contributed by atoms with Crippen LogP contribution in [0, 0.1) is 18.3 Å². The fourth-order valence-corrected chi connectivity index (χ4v) is 1.94. The second-order valence-electron chi connectivity index (χ2n) is 3.42. The molecule has 0 aliphatic rings. The average molecular weight is 243 g/mol. The molecule has 1 aromatic carbocycles. The van der Waals surface area contributed by atoms with E-state index in [1.165, 1.54) is 11.3 Å². The van der Waals surface area contributed by atoms with E-state index in [2.05, 4.69) is 10.3 Å². The van der Waals surface area contributed by atoms with Gasteiger partial charge in [0.25, 0.3) is 5.91 Å². The zero-order valence-electron chi connectivity index (χ0n) is 9.10. The van der Waals surface area contributed by atoms with Crippen LogP contribution in [0.25, 0.3) is 0 Å². The number of hydrogen-bond acceptors (Lipinski definition) is 4. The first kappa shape index (κ1) is 11.3. The molecule has 1 aromatic heterocycles. The number of carbonyl (C=O) groups is 1. The molecule has 1 amide bonds. The third kappa shape index (κ3) is 2.68. The number of nitriles is 1. The molecule has 0 radical (unpaired) electrons. The Kier molecular flexibility index (Phi) is 3.17. The SMILES string of the molecule is Cc1cnc(NC(=O)c2ccc(C#N)cc2)s1. The third-order valence-electron chi connectivity index (χ3n) is 2.12. The smallest absolute Gasteiger partial charge is 0.257 e. The maximum absolute atomic E-state index is 11.8. The summed E-state index contributed by atoms with van der Waals surface area (Å²) in [6.45, 7) is 1.93. The zero-order chi connectivity index (χ0) is 12.3. The predicted molar refractivity (Wildman–Crippen MR) is 66.0 cm³/mol. The number of nitrogens with zero attached hydrogens (tertiary/aromatic N) is 2. The Morgan fingerprint density at radius 2 is 2.12 bits per heavy atom. The minimum absolute atomic E-state index is 0.219. The van der Waals surface area contributed by atoms with Crippen LogP contribution in [0.15, 0.2) is 30.5 Å². The summed E-state index contributed by atoms with van der Waals surface area (Å²) in [4.78, 5) is 16.9. The van der Waals surface area contributed by atoms with Gasteiger partial charge in [-0.3, -0.25) is 10.1 Å². The summed E-state index contributed by atoms with van der Waals surface area (Å²) >= 11 is 1.42. The standard InChI is InChI=1S/C12H9N3OS/c1-8-7-14-12(17-8)15-11(16)10-4-2-9(6-13)3-5-10/h2-5,7H,1H3,(H,14,15,16). The minimum Gasteiger partial charge on any atom is -0.298 e. The molecule has 0 bridgehead atoms. The van der Waals surface area contributed by atoms with Gasteiger partial charge in [-0.1, -0.05) is 0 Å². The van der Waals surface area contributed by atoms with Gasteiger partial charge in [-0.05, 0) is 31.2 Å². The number of carbonyl (C=O) groups excluding carboxylic acids is 1. The second-order valence-corrected chi connectivity index (χ2v) is 4.65. The fraction of sp³-hybridized carbons (Fsp3) is 0.0833. The highest BCUT2D eigenvalue weighted by atomic mass is 32.1. The first-order chi connectivity index (χ1) is 8.19. The van der Waals surface area contributed by atoms with E-state index in [1.54, 1.807) is 30.5 Å². The van der Waals surface area contributed by atoms with Crippen molar-refractivity contribution in [1.82, 2.24) is 4.98 Å². The molecule has 17 heavy (non-hydrogen) atoms. The van der Waals surface area contributed by atoms with Gasteiger partial charge in [0.15, 0.2) is 5.13 Å². The summed E-state index contributed by atoms with van der Waals surface area (Å²) in [5, 5.41) is 11.9. The highest BCUT2D eigenvalue weighted by Crippen LogP contribution is 2.17. The second kappa shape index (κ2) is 4.76. The molecule has 2 aromatic rings. The molecule has 0 atom stereocenters. The van der Waals surface area contributed by atoms with Crippen molar-refractivity contribution in [2.24, 2.45) is 0 Å². The number of anilines is 1. The number of amides is 1. The maximum Gasteiger partial charge on any atom is 0.257 e. The van der Waals surface area contributed by atoms with Gasteiger partial charge in [0.2, 0.25) is 0 Å². The zero-order valence-corrected chi connectivity index (χ0v) is 9.91. The average Bonchev–Trinajstić information content (AvgIpc) is 2.75. The van der Waals surface area contributed by atoms with Gasteiger partial charge in [-0.15, -0.1) is 11.3 Å². The summed E-state index contributed by atoms with van der Waals surface area (Å²) in [6, 6.07) is 8.47. The highest BCUT2D eigenvalue weighted by molar-refractivity contribution is 7.15.